The lowest BCUT2D eigenvalue weighted by atomic mass is 10.1. The Labute approximate surface area is 184 Å². The Hall–Kier alpha value is -2.90. The molecule has 0 saturated carbocycles. The predicted octanol–water partition coefficient (Wildman–Crippen LogP) is 3.63. The highest BCUT2D eigenvalue weighted by molar-refractivity contribution is 5.56. The molecule has 2 aromatic rings. The van der Waals surface area contributed by atoms with Gasteiger partial charge in [-0.05, 0) is 37.7 Å². The van der Waals surface area contributed by atoms with Crippen molar-refractivity contribution in [2.75, 3.05) is 48.6 Å². The van der Waals surface area contributed by atoms with Gasteiger partial charge in [-0.15, -0.1) is 0 Å². The Morgan fingerprint density at radius 1 is 0.903 bits per heavy atom. The molecule has 0 aromatic heterocycles. The van der Waals surface area contributed by atoms with Gasteiger partial charge in [0.1, 0.15) is 12.7 Å². The highest BCUT2D eigenvalue weighted by Gasteiger charge is 2.18. The van der Waals surface area contributed by atoms with Crippen LogP contribution in [-0.2, 0) is 6.54 Å². The quantitative estimate of drug-likeness (QED) is 0.550. The summed E-state index contributed by atoms with van der Waals surface area (Å²) in [5.74, 6) is 3.00. The van der Waals surface area contributed by atoms with E-state index < -0.39 is 6.10 Å². The zero-order valence-electron chi connectivity index (χ0n) is 19.2. The lowest BCUT2D eigenvalue weighted by molar-refractivity contribution is 0.0730. The van der Waals surface area contributed by atoms with Crippen LogP contribution in [0, 0.1) is 0 Å². The monoisotopic (exact) mass is 431 g/mol. The Morgan fingerprint density at radius 2 is 1.58 bits per heavy atom. The van der Waals surface area contributed by atoms with E-state index in [0.29, 0.717) is 41.8 Å². The second-order valence-corrected chi connectivity index (χ2v) is 7.07. The van der Waals surface area contributed by atoms with E-state index >= 15 is 0 Å². The minimum atomic E-state index is -0.684. The van der Waals surface area contributed by atoms with Crippen LogP contribution in [0.5, 0.6) is 28.7 Å². The van der Waals surface area contributed by atoms with E-state index in [1.54, 1.807) is 28.4 Å². The summed E-state index contributed by atoms with van der Waals surface area (Å²) in [7, 11) is 8.28. The van der Waals surface area contributed by atoms with E-state index in [1.807, 2.05) is 61.4 Å². The number of aliphatic hydroxyl groups excluding tert-OH is 1. The van der Waals surface area contributed by atoms with E-state index in [4.69, 9.17) is 23.7 Å². The minimum absolute atomic E-state index is 0.146. The highest BCUT2D eigenvalue weighted by Crippen LogP contribution is 2.40. The first-order chi connectivity index (χ1) is 15.0. The van der Waals surface area contributed by atoms with Gasteiger partial charge in [-0.1, -0.05) is 24.3 Å². The molecule has 0 saturated heterocycles. The van der Waals surface area contributed by atoms with Crippen LogP contribution in [0.15, 0.2) is 36.4 Å². The molecule has 0 aliphatic heterocycles. The van der Waals surface area contributed by atoms with E-state index in [0.717, 1.165) is 11.1 Å². The van der Waals surface area contributed by atoms with Crippen LogP contribution >= 0.6 is 0 Å². The van der Waals surface area contributed by atoms with Crippen LogP contribution < -0.4 is 23.7 Å². The predicted molar refractivity (Wildman–Crippen MR) is 122 cm³/mol. The summed E-state index contributed by atoms with van der Waals surface area (Å²) in [4.78, 5) is 1.99. The molecule has 7 heteroatoms. The third-order valence-corrected chi connectivity index (χ3v) is 4.73. The van der Waals surface area contributed by atoms with Crippen molar-refractivity contribution in [3.8, 4) is 28.7 Å². The first-order valence-electron chi connectivity index (χ1n) is 10.0. The van der Waals surface area contributed by atoms with Crippen LogP contribution in [0.4, 0.5) is 0 Å². The molecule has 1 atom stereocenters. The molecule has 0 spiro atoms. The molecule has 2 rings (SSSR count). The third kappa shape index (κ3) is 6.54. The first kappa shape index (κ1) is 24.4. The summed E-state index contributed by atoms with van der Waals surface area (Å²) >= 11 is 0. The van der Waals surface area contributed by atoms with Crippen LogP contribution in [0.2, 0.25) is 0 Å². The summed E-state index contributed by atoms with van der Waals surface area (Å²) < 4.78 is 27.5. The van der Waals surface area contributed by atoms with Crippen LogP contribution in [0.3, 0.4) is 0 Å². The number of rotatable bonds is 12. The minimum Gasteiger partial charge on any atom is -0.493 e. The smallest absolute Gasteiger partial charge is 0.203 e. The number of likely N-dealkylation sites (N-methyl/N-ethyl adjacent to an activating group) is 1. The molecule has 1 N–H and O–H groups in total. The fraction of sp³-hybridized carbons (Fsp3) is 0.417. The molecule has 170 valence electrons. The van der Waals surface area contributed by atoms with Gasteiger partial charge in [0.05, 0.1) is 28.4 Å². The first-order valence-corrected chi connectivity index (χ1v) is 10.0. The maximum Gasteiger partial charge on any atom is 0.203 e. The van der Waals surface area contributed by atoms with Crippen molar-refractivity contribution in [3.63, 3.8) is 0 Å². The standard InChI is InChI=1S/C24H33NO6/c1-7-8-17-9-11-20(22(13-17)28-4)31-16-19(26)15-25(2)14-18-10-12-21(27-3)24(30-6)23(18)29-5/h7-13,19,26H,14-16H2,1-6H3. The van der Waals surface area contributed by atoms with Crippen molar-refractivity contribution in [1.82, 2.24) is 4.90 Å². The maximum absolute atomic E-state index is 10.5. The molecular weight excluding hydrogens is 398 g/mol. The lowest BCUT2D eigenvalue weighted by Crippen LogP contribution is -2.33. The van der Waals surface area contributed by atoms with Gasteiger partial charge in [0, 0.05) is 18.7 Å². The topological polar surface area (TPSA) is 69.6 Å². The fourth-order valence-corrected chi connectivity index (χ4v) is 3.34. The Bertz CT molecular complexity index is 867. The van der Waals surface area contributed by atoms with Crippen molar-refractivity contribution in [1.29, 1.82) is 0 Å². The van der Waals surface area contributed by atoms with Crippen LogP contribution in [-0.4, -0.2) is 64.7 Å². The van der Waals surface area contributed by atoms with Crippen LogP contribution in [0.25, 0.3) is 6.08 Å². The maximum atomic E-state index is 10.5. The van der Waals surface area contributed by atoms with E-state index in [1.165, 1.54) is 0 Å². The zero-order chi connectivity index (χ0) is 22.8. The van der Waals surface area contributed by atoms with Crippen molar-refractivity contribution < 1.29 is 28.8 Å². The number of hydrogen-bond acceptors (Lipinski definition) is 7. The highest BCUT2D eigenvalue weighted by atomic mass is 16.5. The lowest BCUT2D eigenvalue weighted by Gasteiger charge is -2.23. The summed E-state index contributed by atoms with van der Waals surface area (Å²) in [6, 6.07) is 9.46. The molecule has 0 heterocycles. The van der Waals surface area contributed by atoms with Crippen molar-refractivity contribution >= 4 is 6.08 Å². The van der Waals surface area contributed by atoms with Crippen molar-refractivity contribution in [2.45, 2.75) is 19.6 Å². The average molecular weight is 432 g/mol. The number of allylic oxidation sites excluding steroid dienone is 1. The van der Waals surface area contributed by atoms with Gasteiger partial charge in [0.25, 0.3) is 0 Å². The van der Waals surface area contributed by atoms with Gasteiger partial charge in [-0.25, -0.2) is 0 Å². The second-order valence-electron chi connectivity index (χ2n) is 7.07. The average Bonchev–Trinajstić information content (AvgIpc) is 2.77. The summed E-state index contributed by atoms with van der Waals surface area (Å²) in [5, 5.41) is 10.5. The molecule has 1 unspecified atom stereocenters. The molecule has 0 amide bonds. The molecule has 0 radical (unpaired) electrons. The van der Waals surface area contributed by atoms with Gasteiger partial charge in [-0.3, -0.25) is 4.90 Å². The molecular formula is C24H33NO6. The van der Waals surface area contributed by atoms with E-state index in [2.05, 4.69) is 0 Å². The summed E-state index contributed by atoms with van der Waals surface area (Å²) in [6.45, 7) is 3.08. The third-order valence-electron chi connectivity index (χ3n) is 4.73. The van der Waals surface area contributed by atoms with Gasteiger partial charge in [-0.2, -0.15) is 0 Å². The molecule has 7 nitrogen and oxygen atoms in total. The Morgan fingerprint density at radius 3 is 2.19 bits per heavy atom. The van der Waals surface area contributed by atoms with Gasteiger partial charge >= 0.3 is 0 Å². The number of hydrogen-bond donors (Lipinski definition) is 1. The molecule has 31 heavy (non-hydrogen) atoms. The van der Waals surface area contributed by atoms with Crippen molar-refractivity contribution in [2.24, 2.45) is 0 Å². The largest absolute Gasteiger partial charge is 0.493 e. The summed E-state index contributed by atoms with van der Waals surface area (Å²) in [6.07, 6.45) is 3.26. The number of aliphatic hydroxyl groups is 1. The molecule has 2 aromatic carbocycles. The molecule has 0 bridgehead atoms. The van der Waals surface area contributed by atoms with E-state index in [-0.39, 0.29) is 6.61 Å². The number of benzene rings is 2. The normalized spacial score (nSPS) is 12.1. The fourth-order valence-electron chi connectivity index (χ4n) is 3.34. The van der Waals surface area contributed by atoms with Crippen LogP contribution in [0.1, 0.15) is 18.1 Å². The van der Waals surface area contributed by atoms with Gasteiger partial charge in [0.2, 0.25) is 5.75 Å². The second kappa shape index (κ2) is 12.1. The number of ether oxygens (including phenoxy) is 5. The molecule has 0 aliphatic carbocycles. The number of methoxy groups -OCH3 is 4. The van der Waals surface area contributed by atoms with Gasteiger partial charge < -0.3 is 28.8 Å². The molecule has 0 aliphatic rings. The Kier molecular flexibility index (Phi) is 9.49. The van der Waals surface area contributed by atoms with Gasteiger partial charge in [0.15, 0.2) is 23.0 Å². The number of nitrogens with zero attached hydrogens (tertiary/aromatic N) is 1. The SMILES string of the molecule is CC=Cc1ccc(OCC(O)CN(C)Cc2ccc(OC)c(OC)c2OC)c(OC)c1. The zero-order valence-corrected chi connectivity index (χ0v) is 19.2. The molecule has 0 fully saturated rings. The Balaban J connectivity index is 1.98. The summed E-state index contributed by atoms with van der Waals surface area (Å²) in [5.41, 5.74) is 1.95. The van der Waals surface area contributed by atoms with Crippen molar-refractivity contribution in [3.05, 3.63) is 47.5 Å². The van der Waals surface area contributed by atoms with E-state index in [9.17, 15) is 5.11 Å².